The Balaban J connectivity index is 1.60. The second kappa shape index (κ2) is 5.02. The fraction of sp³-hybridized carbons (Fsp3) is 0.500. The van der Waals surface area contributed by atoms with Gasteiger partial charge < -0.3 is 15.6 Å². The zero-order valence-electron chi connectivity index (χ0n) is 10.7. The van der Waals surface area contributed by atoms with E-state index in [0.717, 1.165) is 38.3 Å². The first kappa shape index (κ1) is 12.2. The third-order valence-corrected chi connectivity index (χ3v) is 3.70. The number of amides is 2. The summed E-state index contributed by atoms with van der Waals surface area (Å²) in [5.41, 5.74) is 3.67. The zero-order valence-corrected chi connectivity index (χ0v) is 10.7. The zero-order chi connectivity index (χ0) is 13.2. The lowest BCUT2D eigenvalue weighted by Crippen LogP contribution is -2.51. The molecule has 2 fully saturated rings. The summed E-state index contributed by atoms with van der Waals surface area (Å²) >= 11 is 0. The van der Waals surface area contributed by atoms with Crippen LogP contribution in [0.3, 0.4) is 0 Å². The molecular weight excluding hydrogens is 244 g/mol. The average molecular weight is 262 g/mol. The van der Waals surface area contributed by atoms with Crippen LogP contribution >= 0.6 is 0 Å². The fourth-order valence-corrected chi connectivity index (χ4v) is 2.67. The quantitative estimate of drug-likeness (QED) is 0.508. The van der Waals surface area contributed by atoms with Gasteiger partial charge in [-0.2, -0.15) is 0 Å². The molecule has 3 heterocycles. The van der Waals surface area contributed by atoms with Crippen molar-refractivity contribution in [2.75, 3.05) is 31.6 Å². The molecule has 0 saturated carbocycles. The maximum Gasteiger partial charge on any atom is 0.317 e. The summed E-state index contributed by atoms with van der Waals surface area (Å²) in [7, 11) is 0. The largest absolute Gasteiger partial charge is 0.336 e. The van der Waals surface area contributed by atoms with Crippen LogP contribution in [0.1, 0.15) is 5.56 Å². The molecule has 3 rings (SSSR count). The first-order valence-corrected chi connectivity index (χ1v) is 6.44. The minimum atomic E-state index is 0.0738. The van der Waals surface area contributed by atoms with Crippen LogP contribution in [0.25, 0.3) is 0 Å². The number of rotatable bonds is 3. The van der Waals surface area contributed by atoms with Gasteiger partial charge in [0.1, 0.15) is 5.82 Å². The van der Waals surface area contributed by atoms with E-state index in [2.05, 4.69) is 20.6 Å². The molecule has 7 heteroatoms. The highest BCUT2D eigenvalue weighted by atomic mass is 16.2. The van der Waals surface area contributed by atoms with Gasteiger partial charge in [-0.1, -0.05) is 6.07 Å². The number of fused-ring (bicyclic) bond motifs is 1. The summed E-state index contributed by atoms with van der Waals surface area (Å²) in [5.74, 6) is 5.95. The predicted octanol–water partition coefficient (Wildman–Crippen LogP) is -0.423. The number of piperazine rings is 1. The standard InChI is InChI=1S/C12H18N6O/c13-16-11-2-1-9(5-14-11)7-17-3-4-18-10(8-17)6-15-12(18)19/h1-2,5,10H,3-4,6-8,13H2,(H,14,16)(H,15,19). The minimum absolute atomic E-state index is 0.0738. The van der Waals surface area contributed by atoms with Crippen molar-refractivity contribution in [3.8, 4) is 0 Å². The van der Waals surface area contributed by atoms with E-state index in [1.807, 2.05) is 23.2 Å². The molecular formula is C12H18N6O. The number of carbonyl (C=O) groups excluding carboxylic acids is 1. The molecule has 1 atom stereocenters. The van der Waals surface area contributed by atoms with Crippen molar-refractivity contribution in [1.29, 1.82) is 0 Å². The number of urea groups is 1. The Morgan fingerprint density at radius 1 is 1.47 bits per heavy atom. The number of hydrazine groups is 1. The number of nitrogen functional groups attached to an aromatic ring is 1. The molecule has 1 aromatic rings. The van der Waals surface area contributed by atoms with Crippen molar-refractivity contribution >= 4 is 11.8 Å². The van der Waals surface area contributed by atoms with Crippen molar-refractivity contribution in [1.82, 2.24) is 20.1 Å². The highest BCUT2D eigenvalue weighted by Gasteiger charge is 2.35. The van der Waals surface area contributed by atoms with Crippen molar-refractivity contribution in [2.45, 2.75) is 12.6 Å². The number of pyridine rings is 1. The van der Waals surface area contributed by atoms with Gasteiger partial charge in [0, 0.05) is 38.9 Å². The van der Waals surface area contributed by atoms with Crippen LogP contribution in [0.2, 0.25) is 0 Å². The molecule has 0 spiro atoms. The molecule has 1 aromatic heterocycles. The first-order valence-electron chi connectivity index (χ1n) is 6.44. The lowest BCUT2D eigenvalue weighted by molar-refractivity contribution is 0.116. The van der Waals surface area contributed by atoms with E-state index >= 15 is 0 Å². The van der Waals surface area contributed by atoms with Crippen LogP contribution in [-0.4, -0.2) is 53.0 Å². The van der Waals surface area contributed by atoms with Crippen LogP contribution in [0, 0.1) is 0 Å². The van der Waals surface area contributed by atoms with Gasteiger partial charge in [0.05, 0.1) is 6.04 Å². The summed E-state index contributed by atoms with van der Waals surface area (Å²) in [5, 5.41) is 2.89. The van der Waals surface area contributed by atoms with Crippen LogP contribution < -0.4 is 16.6 Å². The van der Waals surface area contributed by atoms with Crippen LogP contribution in [-0.2, 0) is 6.54 Å². The van der Waals surface area contributed by atoms with Gasteiger partial charge in [-0.05, 0) is 11.6 Å². The van der Waals surface area contributed by atoms with Gasteiger partial charge in [0.15, 0.2) is 0 Å². The van der Waals surface area contributed by atoms with Crippen LogP contribution in [0.5, 0.6) is 0 Å². The lowest BCUT2D eigenvalue weighted by Gasteiger charge is -2.36. The number of nitrogens with zero attached hydrogens (tertiary/aromatic N) is 3. The van der Waals surface area contributed by atoms with Gasteiger partial charge >= 0.3 is 6.03 Å². The number of nitrogens with one attached hydrogen (secondary N) is 2. The van der Waals surface area contributed by atoms with Gasteiger partial charge in [0.25, 0.3) is 0 Å². The van der Waals surface area contributed by atoms with Crippen LogP contribution in [0.15, 0.2) is 18.3 Å². The third-order valence-electron chi connectivity index (χ3n) is 3.70. The highest BCUT2D eigenvalue weighted by molar-refractivity contribution is 5.77. The van der Waals surface area contributed by atoms with E-state index in [-0.39, 0.29) is 6.03 Å². The molecule has 2 amide bonds. The molecule has 0 radical (unpaired) electrons. The number of aromatic nitrogens is 1. The molecule has 7 nitrogen and oxygen atoms in total. The van der Waals surface area contributed by atoms with Crippen molar-refractivity contribution in [3.05, 3.63) is 23.9 Å². The van der Waals surface area contributed by atoms with Gasteiger partial charge in [-0.15, -0.1) is 0 Å². The first-order chi connectivity index (χ1) is 9.26. The van der Waals surface area contributed by atoms with Gasteiger partial charge in [-0.25, -0.2) is 15.6 Å². The van der Waals surface area contributed by atoms with Crippen LogP contribution in [0.4, 0.5) is 10.6 Å². The molecule has 0 bridgehead atoms. The second-order valence-corrected chi connectivity index (χ2v) is 4.96. The fourth-order valence-electron chi connectivity index (χ4n) is 2.67. The molecule has 2 saturated heterocycles. The van der Waals surface area contributed by atoms with Gasteiger partial charge in [-0.3, -0.25) is 4.90 Å². The maximum atomic E-state index is 11.5. The number of carbonyl (C=O) groups is 1. The Morgan fingerprint density at radius 2 is 2.37 bits per heavy atom. The topological polar surface area (TPSA) is 86.5 Å². The highest BCUT2D eigenvalue weighted by Crippen LogP contribution is 2.16. The minimum Gasteiger partial charge on any atom is -0.336 e. The van der Waals surface area contributed by atoms with Gasteiger partial charge in [0.2, 0.25) is 0 Å². The monoisotopic (exact) mass is 262 g/mol. The molecule has 0 aromatic carbocycles. The normalized spacial score (nSPS) is 23.1. The van der Waals surface area contributed by atoms with E-state index < -0.39 is 0 Å². The summed E-state index contributed by atoms with van der Waals surface area (Å²) in [6.45, 7) is 4.23. The lowest BCUT2D eigenvalue weighted by atomic mass is 10.1. The number of anilines is 1. The molecule has 0 aliphatic carbocycles. The second-order valence-electron chi connectivity index (χ2n) is 4.96. The summed E-state index contributed by atoms with van der Waals surface area (Å²) in [6.07, 6.45) is 1.83. The van der Waals surface area contributed by atoms with Crippen molar-refractivity contribution in [2.24, 2.45) is 5.84 Å². The molecule has 4 N–H and O–H groups in total. The Bertz CT molecular complexity index is 462. The molecule has 19 heavy (non-hydrogen) atoms. The predicted molar refractivity (Wildman–Crippen MR) is 71.2 cm³/mol. The van der Waals surface area contributed by atoms with E-state index in [1.54, 1.807) is 0 Å². The smallest absolute Gasteiger partial charge is 0.317 e. The van der Waals surface area contributed by atoms with Crippen molar-refractivity contribution in [3.63, 3.8) is 0 Å². The number of hydrogen-bond donors (Lipinski definition) is 3. The summed E-state index contributed by atoms with van der Waals surface area (Å²) in [4.78, 5) is 20.0. The molecule has 2 aliphatic rings. The Labute approximate surface area is 111 Å². The van der Waals surface area contributed by atoms with E-state index in [4.69, 9.17) is 5.84 Å². The van der Waals surface area contributed by atoms with E-state index in [1.165, 1.54) is 0 Å². The Hall–Kier alpha value is -1.86. The molecule has 2 aliphatic heterocycles. The Kier molecular flexibility index (Phi) is 3.22. The summed E-state index contributed by atoms with van der Waals surface area (Å²) < 4.78 is 0. The maximum absolute atomic E-state index is 11.5. The van der Waals surface area contributed by atoms with E-state index in [9.17, 15) is 4.79 Å². The van der Waals surface area contributed by atoms with E-state index in [0.29, 0.717) is 11.9 Å². The third kappa shape index (κ3) is 2.47. The average Bonchev–Trinajstić information content (AvgIpc) is 2.81. The summed E-state index contributed by atoms with van der Waals surface area (Å²) in [6, 6.07) is 4.27. The molecule has 1 unspecified atom stereocenters. The SMILES string of the molecule is NNc1ccc(CN2CCN3C(=O)NCC3C2)cn1. The number of nitrogens with two attached hydrogens (primary N) is 1. The number of hydrogen-bond acceptors (Lipinski definition) is 5. The van der Waals surface area contributed by atoms with Crippen molar-refractivity contribution < 1.29 is 4.79 Å². The Morgan fingerprint density at radius 3 is 3.11 bits per heavy atom. The molecule has 102 valence electrons.